The fourth-order valence-corrected chi connectivity index (χ4v) is 1.34. The lowest BCUT2D eigenvalue weighted by molar-refractivity contribution is -0.276. The molecule has 0 radical (unpaired) electrons. The molecule has 0 amide bonds. The van der Waals surface area contributed by atoms with Gasteiger partial charge in [0, 0.05) is 0 Å². The second kappa shape index (κ2) is 3.97. The summed E-state index contributed by atoms with van der Waals surface area (Å²) in [5.74, 6) is -0.600. The normalized spacial score (nSPS) is 11.5. The number of hydrogen-bond donors (Lipinski definition) is 1. The van der Waals surface area contributed by atoms with Crippen LogP contribution in [0.1, 0.15) is 0 Å². The molecule has 8 heteroatoms. The van der Waals surface area contributed by atoms with Gasteiger partial charge in [-0.05, 0) is 28.7 Å². The van der Waals surface area contributed by atoms with E-state index in [4.69, 9.17) is 17.3 Å². The zero-order valence-electron chi connectivity index (χ0n) is 6.40. The summed E-state index contributed by atoms with van der Waals surface area (Å²) < 4.78 is 39.2. The van der Waals surface area contributed by atoms with E-state index in [1.165, 1.54) is 6.07 Å². The fourth-order valence-electron chi connectivity index (χ4n) is 0.646. The number of halogens is 5. The molecule has 0 atom stereocenters. The van der Waals surface area contributed by atoms with Crippen LogP contribution in [0.25, 0.3) is 0 Å². The summed E-state index contributed by atoms with van der Waals surface area (Å²) in [5, 5.41) is -0.218. The van der Waals surface area contributed by atoms with Gasteiger partial charge in [-0.2, -0.15) is 4.98 Å². The first-order valence-electron chi connectivity index (χ1n) is 3.17. The van der Waals surface area contributed by atoms with E-state index in [1.54, 1.807) is 22.6 Å². The fraction of sp³-hybridized carbons (Fsp3) is 0.167. The Balaban J connectivity index is 3.04. The van der Waals surface area contributed by atoms with E-state index in [1.807, 2.05) is 0 Å². The Kier molecular flexibility index (Phi) is 3.30. The summed E-state index contributed by atoms with van der Waals surface area (Å²) in [6.07, 6.45) is -4.79. The van der Waals surface area contributed by atoms with Crippen molar-refractivity contribution in [3.63, 3.8) is 0 Å². The molecule has 0 spiro atoms. The molecule has 0 unspecified atom stereocenters. The van der Waals surface area contributed by atoms with Crippen LogP contribution in [-0.2, 0) is 0 Å². The molecule has 1 rings (SSSR count). The minimum absolute atomic E-state index is 0.102. The zero-order chi connectivity index (χ0) is 10.9. The Labute approximate surface area is 95.5 Å². The molecule has 0 aliphatic rings. The maximum absolute atomic E-state index is 11.8. The smallest absolute Gasteiger partial charge is 0.396 e. The molecule has 14 heavy (non-hydrogen) atoms. The number of rotatable bonds is 1. The van der Waals surface area contributed by atoms with Crippen LogP contribution in [0.2, 0.25) is 5.15 Å². The van der Waals surface area contributed by atoms with Gasteiger partial charge in [0.15, 0.2) is 5.15 Å². The van der Waals surface area contributed by atoms with Gasteiger partial charge in [0.25, 0.3) is 0 Å². The molecule has 1 heterocycles. The first-order chi connectivity index (χ1) is 6.29. The number of ether oxygens (including phenoxy) is 1. The molecule has 0 aliphatic heterocycles. The van der Waals surface area contributed by atoms with Gasteiger partial charge in [0.05, 0.1) is 9.26 Å². The van der Waals surface area contributed by atoms with Crippen LogP contribution >= 0.6 is 34.2 Å². The van der Waals surface area contributed by atoms with Crippen molar-refractivity contribution in [3.8, 4) is 5.88 Å². The predicted molar refractivity (Wildman–Crippen MR) is 53.1 cm³/mol. The van der Waals surface area contributed by atoms with E-state index in [0.29, 0.717) is 0 Å². The van der Waals surface area contributed by atoms with Crippen LogP contribution in [0.3, 0.4) is 0 Å². The number of anilines is 1. The van der Waals surface area contributed by atoms with Crippen LogP contribution < -0.4 is 10.5 Å². The van der Waals surface area contributed by atoms with Crippen LogP contribution in [0, 0.1) is 3.57 Å². The van der Waals surface area contributed by atoms with Gasteiger partial charge in [-0.15, -0.1) is 13.2 Å². The Hall–Kier alpha value is -0.440. The van der Waals surface area contributed by atoms with Crippen molar-refractivity contribution in [2.75, 3.05) is 5.73 Å². The highest BCUT2D eigenvalue weighted by atomic mass is 127. The predicted octanol–water partition coefficient (Wildman–Crippen LogP) is 2.82. The highest BCUT2D eigenvalue weighted by molar-refractivity contribution is 14.1. The number of nitrogens with zero attached hydrogens (tertiary/aromatic N) is 1. The van der Waals surface area contributed by atoms with Gasteiger partial charge in [-0.1, -0.05) is 11.6 Å². The number of hydrogen-bond acceptors (Lipinski definition) is 3. The van der Waals surface area contributed by atoms with Crippen molar-refractivity contribution in [3.05, 3.63) is 14.8 Å². The highest BCUT2D eigenvalue weighted by Crippen LogP contribution is 2.30. The third-order valence-corrected chi connectivity index (χ3v) is 2.21. The lowest BCUT2D eigenvalue weighted by atomic mass is 10.4. The van der Waals surface area contributed by atoms with Crippen LogP contribution in [0.5, 0.6) is 5.88 Å². The van der Waals surface area contributed by atoms with Gasteiger partial charge in [0.2, 0.25) is 5.88 Å². The number of nitrogen functional groups attached to an aromatic ring is 1. The molecule has 0 saturated carbocycles. The molecule has 1 aromatic heterocycles. The van der Waals surface area contributed by atoms with Crippen LogP contribution in [0.15, 0.2) is 6.07 Å². The Morgan fingerprint density at radius 2 is 2.07 bits per heavy atom. The molecule has 0 saturated heterocycles. The molecular weight excluding hydrogens is 335 g/mol. The molecule has 1 aromatic rings. The standard InChI is InChI=1S/C6H3ClF3IN2O/c7-4-3(12)1-2(11)5(13-4)14-6(8,9)10/h1H,12H2. The number of nitrogens with two attached hydrogens (primary N) is 1. The van der Waals surface area contributed by atoms with E-state index in [-0.39, 0.29) is 14.4 Å². The van der Waals surface area contributed by atoms with Crippen molar-refractivity contribution in [2.45, 2.75) is 6.36 Å². The summed E-state index contributed by atoms with van der Waals surface area (Å²) in [6.45, 7) is 0. The molecule has 2 N–H and O–H groups in total. The largest absolute Gasteiger partial charge is 0.574 e. The second-order valence-corrected chi connectivity index (χ2v) is 3.72. The molecule has 0 aliphatic carbocycles. The molecule has 3 nitrogen and oxygen atoms in total. The van der Waals surface area contributed by atoms with Gasteiger partial charge in [-0.3, -0.25) is 0 Å². The lowest BCUT2D eigenvalue weighted by Crippen LogP contribution is -2.18. The average molecular weight is 338 g/mol. The maximum atomic E-state index is 11.8. The highest BCUT2D eigenvalue weighted by Gasteiger charge is 2.33. The molecule has 0 fully saturated rings. The van der Waals surface area contributed by atoms with Gasteiger partial charge in [-0.25, -0.2) is 0 Å². The number of pyridine rings is 1. The first kappa shape index (κ1) is 11.6. The number of aromatic nitrogens is 1. The second-order valence-electron chi connectivity index (χ2n) is 2.20. The van der Waals surface area contributed by atoms with Crippen molar-refractivity contribution in [1.29, 1.82) is 0 Å². The SMILES string of the molecule is Nc1cc(I)c(OC(F)(F)F)nc1Cl. The van der Waals surface area contributed by atoms with Crippen molar-refractivity contribution in [2.24, 2.45) is 0 Å². The van der Waals surface area contributed by atoms with E-state index in [9.17, 15) is 13.2 Å². The summed E-state index contributed by atoms with van der Waals surface area (Å²) >= 11 is 7.04. The van der Waals surface area contributed by atoms with Crippen molar-refractivity contribution in [1.82, 2.24) is 4.98 Å². The van der Waals surface area contributed by atoms with Gasteiger partial charge < -0.3 is 10.5 Å². The number of alkyl halides is 3. The van der Waals surface area contributed by atoms with Crippen molar-refractivity contribution < 1.29 is 17.9 Å². The first-order valence-corrected chi connectivity index (χ1v) is 4.62. The summed E-state index contributed by atoms with van der Waals surface area (Å²) in [6, 6.07) is 1.25. The Morgan fingerprint density at radius 3 is 2.57 bits per heavy atom. The topological polar surface area (TPSA) is 48.1 Å². The Bertz CT molecular complexity index is 358. The minimum Gasteiger partial charge on any atom is -0.396 e. The summed E-state index contributed by atoms with van der Waals surface area (Å²) in [4.78, 5) is 3.35. The molecular formula is C6H3ClF3IN2O. The van der Waals surface area contributed by atoms with Gasteiger partial charge in [0.1, 0.15) is 0 Å². The molecule has 78 valence electrons. The van der Waals surface area contributed by atoms with E-state index < -0.39 is 12.2 Å². The van der Waals surface area contributed by atoms with Gasteiger partial charge >= 0.3 is 6.36 Å². The Morgan fingerprint density at radius 1 is 1.50 bits per heavy atom. The summed E-state index contributed by atoms with van der Waals surface area (Å²) in [5.41, 5.74) is 5.42. The van der Waals surface area contributed by atoms with Crippen LogP contribution in [-0.4, -0.2) is 11.3 Å². The average Bonchev–Trinajstić information content (AvgIpc) is 1.97. The van der Waals surface area contributed by atoms with E-state index in [2.05, 4.69) is 9.72 Å². The van der Waals surface area contributed by atoms with Crippen molar-refractivity contribution >= 4 is 39.9 Å². The third-order valence-electron chi connectivity index (χ3n) is 1.14. The van der Waals surface area contributed by atoms with E-state index in [0.717, 1.165) is 0 Å². The third kappa shape index (κ3) is 3.05. The summed E-state index contributed by atoms with van der Waals surface area (Å²) in [7, 11) is 0. The quantitative estimate of drug-likeness (QED) is 0.633. The van der Waals surface area contributed by atoms with E-state index >= 15 is 0 Å². The zero-order valence-corrected chi connectivity index (χ0v) is 9.31. The maximum Gasteiger partial charge on any atom is 0.574 e. The van der Waals surface area contributed by atoms with Crippen LogP contribution in [0.4, 0.5) is 18.9 Å². The monoisotopic (exact) mass is 338 g/mol. The molecule has 0 bridgehead atoms. The minimum atomic E-state index is -4.79. The molecule has 0 aromatic carbocycles. The lowest BCUT2D eigenvalue weighted by Gasteiger charge is -2.10.